The molecule has 1 aliphatic rings. The number of likely N-dealkylation sites (tertiary alicyclic amines) is 1. The Balaban J connectivity index is 1.60. The molecule has 0 aliphatic carbocycles. The number of hydrogen-bond donors (Lipinski definition) is 0. The predicted octanol–water partition coefficient (Wildman–Crippen LogP) is 2.69. The van der Waals surface area contributed by atoms with Crippen LogP contribution in [0.25, 0.3) is 0 Å². The molecule has 1 amide bonds. The first kappa shape index (κ1) is 16.7. The minimum Gasteiger partial charge on any atom is -0.341 e. The first-order chi connectivity index (χ1) is 11.6. The molecule has 1 aliphatic heterocycles. The second kappa shape index (κ2) is 7.18. The van der Waals surface area contributed by atoms with Crippen molar-refractivity contribution in [2.75, 3.05) is 13.1 Å². The molecule has 126 valence electrons. The van der Waals surface area contributed by atoms with Gasteiger partial charge in [-0.1, -0.05) is 48.5 Å². The summed E-state index contributed by atoms with van der Waals surface area (Å²) in [6, 6.07) is 18.4. The fourth-order valence-corrected chi connectivity index (χ4v) is 4.78. The van der Waals surface area contributed by atoms with Crippen molar-refractivity contribution in [3.63, 3.8) is 0 Å². The van der Waals surface area contributed by atoms with Crippen molar-refractivity contribution in [1.29, 1.82) is 0 Å². The highest BCUT2D eigenvalue weighted by Crippen LogP contribution is 2.24. The molecule has 2 aromatic rings. The summed E-state index contributed by atoms with van der Waals surface area (Å²) < 4.78 is 25.3. The minimum atomic E-state index is -3.37. The van der Waals surface area contributed by atoms with Crippen LogP contribution in [0.2, 0.25) is 0 Å². The number of amides is 1. The van der Waals surface area contributed by atoms with Crippen LogP contribution in [0.15, 0.2) is 65.6 Å². The van der Waals surface area contributed by atoms with Gasteiger partial charge in [-0.15, -0.1) is 0 Å². The van der Waals surface area contributed by atoms with E-state index in [1.165, 1.54) is 0 Å². The Morgan fingerprint density at radius 3 is 2.29 bits per heavy atom. The maximum Gasteiger partial charge on any atom is 0.222 e. The largest absolute Gasteiger partial charge is 0.341 e. The van der Waals surface area contributed by atoms with Gasteiger partial charge >= 0.3 is 0 Å². The summed E-state index contributed by atoms with van der Waals surface area (Å²) in [5.41, 5.74) is 1.12. The molecule has 0 unspecified atom stereocenters. The zero-order valence-corrected chi connectivity index (χ0v) is 14.3. The van der Waals surface area contributed by atoms with Crippen LogP contribution < -0.4 is 0 Å². The third kappa shape index (κ3) is 3.67. The molecule has 0 bridgehead atoms. The smallest absolute Gasteiger partial charge is 0.222 e. The fraction of sp³-hybridized carbons (Fsp3) is 0.316. The number of aryl methyl sites for hydroxylation is 1. The Labute approximate surface area is 143 Å². The van der Waals surface area contributed by atoms with Crippen LogP contribution in [0.3, 0.4) is 0 Å². The Morgan fingerprint density at radius 1 is 1.00 bits per heavy atom. The van der Waals surface area contributed by atoms with E-state index in [0.717, 1.165) is 5.56 Å². The first-order valence-corrected chi connectivity index (χ1v) is 9.72. The number of benzene rings is 2. The molecule has 3 rings (SSSR count). The Bertz CT molecular complexity index is 788. The summed E-state index contributed by atoms with van der Waals surface area (Å²) in [6.07, 6.45) is 1.61. The molecule has 0 aromatic heterocycles. The highest BCUT2D eigenvalue weighted by Gasteiger charge is 2.35. The molecule has 0 radical (unpaired) electrons. The molecular weight excluding hydrogens is 322 g/mol. The van der Waals surface area contributed by atoms with Crippen molar-refractivity contribution in [1.82, 2.24) is 4.90 Å². The van der Waals surface area contributed by atoms with Crippen LogP contribution in [-0.4, -0.2) is 37.6 Å². The Kier molecular flexibility index (Phi) is 5.00. The van der Waals surface area contributed by atoms with Gasteiger partial charge in [-0.2, -0.15) is 0 Å². The van der Waals surface area contributed by atoms with Gasteiger partial charge in [0, 0.05) is 19.5 Å². The van der Waals surface area contributed by atoms with Crippen molar-refractivity contribution < 1.29 is 13.2 Å². The van der Waals surface area contributed by atoms with E-state index in [4.69, 9.17) is 0 Å². The molecular formula is C19H21NO3S. The van der Waals surface area contributed by atoms with E-state index in [-0.39, 0.29) is 5.91 Å². The Hall–Kier alpha value is -2.14. The lowest BCUT2D eigenvalue weighted by Crippen LogP contribution is -2.32. The number of carbonyl (C=O) groups excluding carboxylic acids is 1. The first-order valence-electron chi connectivity index (χ1n) is 8.18. The molecule has 4 nitrogen and oxygen atoms in total. The minimum absolute atomic E-state index is 0.0321. The van der Waals surface area contributed by atoms with Crippen LogP contribution >= 0.6 is 0 Å². The van der Waals surface area contributed by atoms with Gasteiger partial charge in [0.2, 0.25) is 5.91 Å². The average molecular weight is 343 g/mol. The molecule has 1 atom stereocenters. The van der Waals surface area contributed by atoms with Crippen LogP contribution in [-0.2, 0) is 21.1 Å². The molecule has 5 heteroatoms. The second-order valence-corrected chi connectivity index (χ2v) is 8.32. The van der Waals surface area contributed by atoms with Gasteiger partial charge in [0.15, 0.2) is 9.84 Å². The summed E-state index contributed by atoms with van der Waals surface area (Å²) >= 11 is 0. The van der Waals surface area contributed by atoms with Crippen molar-refractivity contribution in [2.45, 2.75) is 29.4 Å². The van der Waals surface area contributed by atoms with Crippen LogP contribution in [0.5, 0.6) is 0 Å². The standard InChI is InChI=1S/C19H21NO3S/c21-19(12-11-16-7-3-1-4-8-16)20-14-13-18(15-20)24(22,23)17-9-5-2-6-10-17/h1-10,18H,11-15H2/t18-/m0/s1. The summed E-state index contributed by atoms with van der Waals surface area (Å²) in [6.45, 7) is 0.815. The van der Waals surface area contributed by atoms with Crippen LogP contribution in [0.4, 0.5) is 0 Å². The van der Waals surface area contributed by atoms with Crippen molar-refractivity contribution in [3.05, 3.63) is 66.2 Å². The second-order valence-electron chi connectivity index (χ2n) is 6.09. The van der Waals surface area contributed by atoms with E-state index in [9.17, 15) is 13.2 Å². The lowest BCUT2D eigenvalue weighted by atomic mass is 10.1. The van der Waals surface area contributed by atoms with Crippen molar-refractivity contribution in [2.24, 2.45) is 0 Å². The van der Waals surface area contributed by atoms with Crippen LogP contribution in [0.1, 0.15) is 18.4 Å². The number of carbonyl (C=O) groups is 1. The monoisotopic (exact) mass is 343 g/mol. The normalized spacial score (nSPS) is 17.8. The van der Waals surface area contributed by atoms with Gasteiger partial charge in [0.25, 0.3) is 0 Å². The molecule has 1 saturated heterocycles. The molecule has 0 spiro atoms. The average Bonchev–Trinajstić information content (AvgIpc) is 3.12. The van der Waals surface area contributed by atoms with Gasteiger partial charge in [-0.3, -0.25) is 4.79 Å². The fourth-order valence-electron chi connectivity index (χ4n) is 3.06. The van der Waals surface area contributed by atoms with E-state index >= 15 is 0 Å². The van der Waals surface area contributed by atoms with Gasteiger partial charge in [0.1, 0.15) is 0 Å². The third-order valence-corrected chi connectivity index (χ3v) is 6.67. The quantitative estimate of drug-likeness (QED) is 0.839. The lowest BCUT2D eigenvalue weighted by Gasteiger charge is -2.17. The van der Waals surface area contributed by atoms with Gasteiger partial charge in [-0.05, 0) is 30.5 Å². The summed E-state index contributed by atoms with van der Waals surface area (Å²) in [4.78, 5) is 14.4. The lowest BCUT2D eigenvalue weighted by molar-refractivity contribution is -0.130. The highest BCUT2D eigenvalue weighted by atomic mass is 32.2. The molecule has 1 heterocycles. The Morgan fingerprint density at radius 2 is 1.62 bits per heavy atom. The third-order valence-electron chi connectivity index (χ3n) is 4.48. The molecule has 2 aromatic carbocycles. The summed E-state index contributed by atoms with van der Waals surface area (Å²) in [5, 5.41) is -0.499. The van der Waals surface area contributed by atoms with Crippen molar-refractivity contribution >= 4 is 15.7 Å². The number of sulfone groups is 1. The summed E-state index contributed by atoms with van der Waals surface area (Å²) in [5.74, 6) is 0.0321. The van der Waals surface area contributed by atoms with E-state index < -0.39 is 15.1 Å². The summed E-state index contributed by atoms with van der Waals surface area (Å²) in [7, 11) is -3.37. The zero-order chi connectivity index (χ0) is 17.0. The van der Waals surface area contributed by atoms with Gasteiger partial charge in [0.05, 0.1) is 10.1 Å². The maximum absolute atomic E-state index is 12.6. The number of nitrogens with zero attached hydrogens (tertiary/aromatic N) is 1. The van der Waals surface area contributed by atoms with Gasteiger partial charge < -0.3 is 4.90 Å². The number of rotatable bonds is 5. The SMILES string of the molecule is O=C(CCc1ccccc1)N1CC[C@H](S(=O)(=O)c2ccccc2)C1. The zero-order valence-electron chi connectivity index (χ0n) is 13.5. The van der Waals surface area contributed by atoms with E-state index in [1.54, 1.807) is 35.2 Å². The van der Waals surface area contributed by atoms with E-state index in [2.05, 4.69) is 0 Å². The molecule has 24 heavy (non-hydrogen) atoms. The molecule has 1 fully saturated rings. The predicted molar refractivity (Wildman–Crippen MR) is 93.4 cm³/mol. The number of hydrogen-bond acceptors (Lipinski definition) is 3. The van der Waals surface area contributed by atoms with Gasteiger partial charge in [-0.25, -0.2) is 8.42 Å². The van der Waals surface area contributed by atoms with E-state index in [1.807, 2.05) is 30.3 Å². The van der Waals surface area contributed by atoms with Crippen molar-refractivity contribution in [3.8, 4) is 0 Å². The molecule has 0 N–H and O–H groups in total. The highest BCUT2D eigenvalue weighted by molar-refractivity contribution is 7.92. The maximum atomic E-state index is 12.6. The van der Waals surface area contributed by atoms with E-state index in [0.29, 0.717) is 37.2 Å². The molecule has 0 saturated carbocycles. The van der Waals surface area contributed by atoms with Crippen LogP contribution in [0, 0.1) is 0 Å². The topological polar surface area (TPSA) is 54.5 Å².